The van der Waals surface area contributed by atoms with Gasteiger partial charge in [-0.3, -0.25) is 14.5 Å². The lowest BCUT2D eigenvalue weighted by molar-refractivity contribution is -0.150. The van der Waals surface area contributed by atoms with Crippen molar-refractivity contribution in [3.8, 4) is 0 Å². The number of fused-ring (bicyclic) bond motifs is 2. The van der Waals surface area contributed by atoms with Gasteiger partial charge < -0.3 is 10.4 Å². The molecule has 0 spiro atoms. The Morgan fingerprint density at radius 1 is 1.22 bits per heavy atom. The molecule has 2 aliphatic rings. The molecule has 2 heterocycles. The molecule has 1 fully saturated rings. The first kappa shape index (κ1) is 17.6. The number of hydrogen-bond acceptors (Lipinski definition) is 4. The second kappa shape index (κ2) is 6.74. The van der Waals surface area contributed by atoms with Crippen LogP contribution >= 0.6 is 11.8 Å². The van der Waals surface area contributed by atoms with E-state index in [-0.39, 0.29) is 29.3 Å². The van der Waals surface area contributed by atoms with Crippen LogP contribution in [0, 0.1) is 0 Å². The number of carbonyl (C=O) groups is 3. The van der Waals surface area contributed by atoms with Gasteiger partial charge in [0.15, 0.2) is 0 Å². The summed E-state index contributed by atoms with van der Waals surface area (Å²) in [6.07, 6.45) is 0.173. The third-order valence-electron chi connectivity index (χ3n) is 4.86. The van der Waals surface area contributed by atoms with Crippen LogP contribution in [0.4, 0.5) is 0 Å². The lowest BCUT2D eigenvalue weighted by Gasteiger charge is -2.49. The van der Waals surface area contributed by atoms with Gasteiger partial charge >= 0.3 is 5.97 Å². The van der Waals surface area contributed by atoms with Crippen molar-refractivity contribution in [2.45, 2.75) is 24.8 Å². The molecular weight excluding hydrogens is 364 g/mol. The predicted octanol–water partition coefficient (Wildman–Crippen LogP) is 2.14. The van der Waals surface area contributed by atoms with Crippen molar-refractivity contribution in [2.24, 2.45) is 0 Å². The van der Waals surface area contributed by atoms with Crippen LogP contribution < -0.4 is 5.32 Å². The first-order valence-corrected chi connectivity index (χ1v) is 9.65. The second-order valence-electron chi connectivity index (χ2n) is 6.75. The van der Waals surface area contributed by atoms with E-state index in [1.807, 2.05) is 42.5 Å². The molecule has 0 saturated carbocycles. The molecule has 0 bridgehead atoms. The molecule has 2 atom stereocenters. The van der Waals surface area contributed by atoms with Crippen molar-refractivity contribution in [1.29, 1.82) is 0 Å². The Labute approximate surface area is 160 Å². The van der Waals surface area contributed by atoms with E-state index in [0.717, 1.165) is 16.3 Å². The monoisotopic (exact) mass is 382 g/mol. The number of nitrogens with one attached hydrogen (secondary N) is 1. The Morgan fingerprint density at radius 3 is 2.70 bits per heavy atom. The fourth-order valence-electron chi connectivity index (χ4n) is 3.53. The number of nitrogens with zero attached hydrogens (tertiary/aromatic N) is 1. The van der Waals surface area contributed by atoms with E-state index in [0.29, 0.717) is 11.3 Å². The van der Waals surface area contributed by atoms with Crippen LogP contribution in [-0.4, -0.2) is 45.0 Å². The summed E-state index contributed by atoms with van der Waals surface area (Å²) in [6, 6.07) is 13.1. The summed E-state index contributed by atoms with van der Waals surface area (Å²) in [4.78, 5) is 37.6. The van der Waals surface area contributed by atoms with Gasteiger partial charge in [-0.25, -0.2) is 4.79 Å². The number of aliphatic carboxylic acids is 1. The number of carbonyl (C=O) groups excluding carboxylic acids is 2. The SMILES string of the molecule is CC1=C(C(=O)O)N2C(=O)[C@@H](NC(=O)Cc3ccc4ccccc4c3)[C@H]2SC1. The summed E-state index contributed by atoms with van der Waals surface area (Å²) >= 11 is 1.47. The number of benzene rings is 2. The lowest BCUT2D eigenvalue weighted by atomic mass is 10.0. The minimum absolute atomic E-state index is 0.0452. The van der Waals surface area contributed by atoms with Gasteiger partial charge in [-0.05, 0) is 28.8 Å². The highest BCUT2D eigenvalue weighted by molar-refractivity contribution is 8.00. The maximum atomic E-state index is 12.4. The van der Waals surface area contributed by atoms with Crippen LogP contribution in [0.2, 0.25) is 0 Å². The summed E-state index contributed by atoms with van der Waals surface area (Å²) in [5.74, 6) is -1.18. The third kappa shape index (κ3) is 3.08. The van der Waals surface area contributed by atoms with Crippen molar-refractivity contribution < 1.29 is 19.5 Å². The minimum Gasteiger partial charge on any atom is -0.477 e. The quantitative estimate of drug-likeness (QED) is 0.792. The molecule has 2 aromatic carbocycles. The fourth-order valence-corrected chi connectivity index (χ4v) is 4.83. The topological polar surface area (TPSA) is 86.7 Å². The Morgan fingerprint density at radius 2 is 1.96 bits per heavy atom. The second-order valence-corrected chi connectivity index (χ2v) is 7.85. The molecule has 0 aromatic heterocycles. The van der Waals surface area contributed by atoms with E-state index in [9.17, 15) is 19.5 Å². The summed E-state index contributed by atoms with van der Waals surface area (Å²) < 4.78 is 0. The maximum Gasteiger partial charge on any atom is 0.352 e. The molecule has 2 N–H and O–H groups in total. The van der Waals surface area contributed by atoms with Crippen LogP contribution in [0.5, 0.6) is 0 Å². The lowest BCUT2D eigenvalue weighted by Crippen LogP contribution is -2.70. The number of carboxylic acid groups (broad SMARTS) is 1. The Balaban J connectivity index is 1.45. The zero-order valence-electron chi connectivity index (χ0n) is 14.6. The Bertz CT molecular complexity index is 1000. The van der Waals surface area contributed by atoms with Crippen molar-refractivity contribution in [3.05, 3.63) is 59.3 Å². The number of amides is 2. The van der Waals surface area contributed by atoms with Gasteiger partial charge in [0.2, 0.25) is 5.91 Å². The van der Waals surface area contributed by atoms with E-state index in [4.69, 9.17) is 0 Å². The van der Waals surface area contributed by atoms with Gasteiger partial charge in [0, 0.05) is 5.75 Å². The molecule has 0 radical (unpaired) electrons. The molecule has 2 aromatic rings. The average Bonchev–Trinajstić information content (AvgIpc) is 2.65. The summed E-state index contributed by atoms with van der Waals surface area (Å²) in [5.41, 5.74) is 1.58. The normalized spacial score (nSPS) is 21.7. The fraction of sp³-hybridized carbons (Fsp3) is 0.250. The highest BCUT2D eigenvalue weighted by atomic mass is 32.2. The largest absolute Gasteiger partial charge is 0.477 e. The number of hydrogen-bond donors (Lipinski definition) is 2. The molecule has 7 heteroatoms. The van der Waals surface area contributed by atoms with Crippen molar-refractivity contribution in [2.75, 3.05) is 5.75 Å². The molecule has 1 saturated heterocycles. The van der Waals surface area contributed by atoms with Crippen LogP contribution in [0.25, 0.3) is 10.8 Å². The van der Waals surface area contributed by atoms with Crippen molar-refractivity contribution in [1.82, 2.24) is 10.2 Å². The van der Waals surface area contributed by atoms with Gasteiger partial charge in [-0.15, -0.1) is 11.8 Å². The van der Waals surface area contributed by atoms with E-state index in [1.165, 1.54) is 16.7 Å². The van der Waals surface area contributed by atoms with Gasteiger partial charge in [0.25, 0.3) is 5.91 Å². The molecule has 0 unspecified atom stereocenters. The Hall–Kier alpha value is -2.80. The smallest absolute Gasteiger partial charge is 0.352 e. The third-order valence-corrected chi connectivity index (χ3v) is 6.28. The van der Waals surface area contributed by atoms with E-state index in [1.54, 1.807) is 6.92 Å². The van der Waals surface area contributed by atoms with Gasteiger partial charge in [-0.1, -0.05) is 42.5 Å². The van der Waals surface area contributed by atoms with Gasteiger partial charge in [-0.2, -0.15) is 0 Å². The number of thioether (sulfide) groups is 1. The number of β-lactam (4-membered cyclic amide) rings is 1. The molecule has 27 heavy (non-hydrogen) atoms. The van der Waals surface area contributed by atoms with Crippen LogP contribution in [0.15, 0.2) is 53.7 Å². The zero-order valence-corrected chi connectivity index (χ0v) is 15.5. The number of carboxylic acids is 1. The summed E-state index contributed by atoms with van der Waals surface area (Å²) in [6.45, 7) is 1.71. The highest BCUT2D eigenvalue weighted by Crippen LogP contribution is 2.40. The standard InChI is InChI=1S/C20H18N2O4S/c1-11-10-27-19-16(18(24)22(19)17(11)20(25)26)21-15(23)9-12-6-7-13-4-2-3-5-14(13)8-12/h2-8,16,19H,9-10H2,1H3,(H,21,23)(H,25,26)/t16-,19-/m1/s1. The van der Waals surface area contributed by atoms with Crippen molar-refractivity contribution in [3.63, 3.8) is 0 Å². The van der Waals surface area contributed by atoms with Crippen molar-refractivity contribution >= 4 is 40.3 Å². The summed E-state index contributed by atoms with van der Waals surface area (Å²) in [5, 5.41) is 13.9. The molecule has 4 rings (SSSR count). The first-order chi connectivity index (χ1) is 13.0. The number of rotatable bonds is 4. The minimum atomic E-state index is -1.10. The van der Waals surface area contributed by atoms with Crippen LogP contribution in [-0.2, 0) is 20.8 Å². The highest BCUT2D eigenvalue weighted by Gasteiger charge is 2.53. The molecule has 2 amide bonds. The molecule has 2 aliphatic heterocycles. The maximum absolute atomic E-state index is 12.4. The van der Waals surface area contributed by atoms with E-state index in [2.05, 4.69) is 5.32 Å². The molecular formula is C20H18N2O4S. The first-order valence-electron chi connectivity index (χ1n) is 8.60. The molecule has 6 nitrogen and oxygen atoms in total. The van der Waals surface area contributed by atoms with Crippen LogP contribution in [0.3, 0.4) is 0 Å². The summed E-state index contributed by atoms with van der Waals surface area (Å²) in [7, 11) is 0. The average molecular weight is 382 g/mol. The Kier molecular flexibility index (Phi) is 4.39. The van der Waals surface area contributed by atoms with Gasteiger partial charge in [0.1, 0.15) is 17.1 Å². The predicted molar refractivity (Wildman–Crippen MR) is 103 cm³/mol. The zero-order chi connectivity index (χ0) is 19.1. The van der Waals surface area contributed by atoms with Gasteiger partial charge in [0.05, 0.1) is 6.42 Å². The van der Waals surface area contributed by atoms with E-state index >= 15 is 0 Å². The molecule has 138 valence electrons. The molecule has 0 aliphatic carbocycles. The van der Waals surface area contributed by atoms with Crippen LogP contribution in [0.1, 0.15) is 12.5 Å². The van der Waals surface area contributed by atoms with E-state index < -0.39 is 12.0 Å².